The Morgan fingerprint density at radius 1 is 1.20 bits per heavy atom. The van der Waals surface area contributed by atoms with Crippen molar-refractivity contribution in [3.63, 3.8) is 0 Å². The molecule has 0 radical (unpaired) electrons. The van der Waals surface area contributed by atoms with E-state index >= 15 is 0 Å². The van der Waals surface area contributed by atoms with Gasteiger partial charge in [-0.1, -0.05) is 0 Å². The first-order chi connectivity index (χ1) is 9.65. The number of carbonyl (C=O) groups is 1. The average Bonchev–Trinajstić information content (AvgIpc) is 2.48. The van der Waals surface area contributed by atoms with E-state index in [0.717, 1.165) is 30.2 Å². The largest absolute Gasteiger partial charge is 0.497 e. The van der Waals surface area contributed by atoms with E-state index in [-0.39, 0.29) is 5.91 Å². The lowest BCUT2D eigenvalue weighted by Gasteiger charge is -2.19. The maximum absolute atomic E-state index is 11.9. The molecule has 1 rings (SSSR count). The summed E-state index contributed by atoms with van der Waals surface area (Å²) in [4.78, 5) is 13.7. The predicted molar refractivity (Wildman–Crippen MR) is 79.2 cm³/mol. The summed E-state index contributed by atoms with van der Waals surface area (Å²) in [6, 6.07) is 5.62. The Labute approximate surface area is 120 Å². The molecule has 0 bridgehead atoms. The molecule has 20 heavy (non-hydrogen) atoms. The van der Waals surface area contributed by atoms with Crippen molar-refractivity contribution >= 4 is 5.91 Å². The lowest BCUT2D eigenvalue weighted by molar-refractivity contribution is -0.129. The lowest BCUT2D eigenvalue weighted by Crippen LogP contribution is -2.37. The lowest BCUT2D eigenvalue weighted by atomic mass is 10.2. The molecule has 0 unspecified atom stereocenters. The number of hydrogen-bond donors (Lipinski definition) is 1. The molecule has 1 N–H and O–H groups in total. The molecule has 0 aliphatic rings. The molecular formula is C15H24N2O3. The number of rotatable bonds is 8. The molecule has 0 spiro atoms. The Morgan fingerprint density at radius 2 is 1.90 bits per heavy atom. The third-order valence-electron chi connectivity index (χ3n) is 3.20. The average molecular weight is 280 g/mol. The highest BCUT2D eigenvalue weighted by molar-refractivity contribution is 5.78. The van der Waals surface area contributed by atoms with Gasteiger partial charge in [0.05, 0.1) is 20.8 Å². The highest BCUT2D eigenvalue weighted by atomic mass is 16.5. The van der Waals surface area contributed by atoms with Gasteiger partial charge in [0.2, 0.25) is 5.91 Å². The van der Waals surface area contributed by atoms with Crippen molar-refractivity contribution in [2.24, 2.45) is 0 Å². The number of hydrogen-bond acceptors (Lipinski definition) is 4. The fourth-order valence-corrected chi connectivity index (χ4v) is 2.01. The predicted octanol–water partition coefficient (Wildman–Crippen LogP) is 1.66. The molecule has 0 saturated carbocycles. The number of nitrogens with one attached hydrogen (secondary N) is 1. The Hall–Kier alpha value is -1.75. The minimum Gasteiger partial charge on any atom is -0.497 e. The van der Waals surface area contributed by atoms with Crippen LogP contribution in [0.15, 0.2) is 18.2 Å². The first-order valence-electron chi connectivity index (χ1n) is 6.85. The van der Waals surface area contributed by atoms with Gasteiger partial charge in [0.1, 0.15) is 11.5 Å². The second kappa shape index (κ2) is 8.43. The van der Waals surface area contributed by atoms with Crippen molar-refractivity contribution in [1.82, 2.24) is 10.2 Å². The number of carbonyl (C=O) groups excluding carboxylic acids is 1. The van der Waals surface area contributed by atoms with Crippen molar-refractivity contribution < 1.29 is 14.3 Å². The quantitative estimate of drug-likeness (QED) is 0.787. The number of likely N-dealkylation sites (N-methyl/N-ethyl adjacent to an activating group) is 1. The smallest absolute Gasteiger partial charge is 0.236 e. The van der Waals surface area contributed by atoms with Crippen LogP contribution in [0.2, 0.25) is 0 Å². The fourth-order valence-electron chi connectivity index (χ4n) is 2.01. The summed E-state index contributed by atoms with van der Waals surface area (Å²) in [6.45, 7) is 6.31. The molecule has 0 atom stereocenters. The summed E-state index contributed by atoms with van der Waals surface area (Å²) < 4.78 is 10.5. The van der Waals surface area contributed by atoms with Gasteiger partial charge < -0.3 is 19.7 Å². The molecule has 5 heteroatoms. The van der Waals surface area contributed by atoms with E-state index in [1.54, 1.807) is 19.1 Å². The van der Waals surface area contributed by atoms with Crippen molar-refractivity contribution in [3.8, 4) is 11.5 Å². The minimum absolute atomic E-state index is 0.108. The molecule has 0 heterocycles. The first kappa shape index (κ1) is 16.3. The van der Waals surface area contributed by atoms with Gasteiger partial charge in [0.25, 0.3) is 0 Å². The maximum atomic E-state index is 11.9. The van der Waals surface area contributed by atoms with Gasteiger partial charge >= 0.3 is 0 Å². The van der Waals surface area contributed by atoms with Gasteiger partial charge in [-0.2, -0.15) is 0 Å². The van der Waals surface area contributed by atoms with E-state index in [1.165, 1.54) is 0 Å². The molecule has 1 aromatic rings. The summed E-state index contributed by atoms with van der Waals surface area (Å²) in [7, 11) is 3.26. The van der Waals surface area contributed by atoms with E-state index in [0.29, 0.717) is 13.1 Å². The standard InChI is InChI=1S/C15H24N2O3/c1-5-17(6-2)15(18)11-16-10-12-9-13(19-3)7-8-14(12)20-4/h7-9,16H,5-6,10-11H2,1-4H3. The molecule has 1 amide bonds. The van der Waals surface area contributed by atoms with Gasteiger partial charge in [-0.05, 0) is 32.0 Å². The number of benzene rings is 1. The molecular weight excluding hydrogens is 256 g/mol. The summed E-state index contributed by atoms with van der Waals surface area (Å²) in [6.07, 6.45) is 0. The zero-order chi connectivity index (χ0) is 15.0. The molecule has 1 aromatic carbocycles. The van der Waals surface area contributed by atoms with E-state index in [4.69, 9.17) is 9.47 Å². The van der Waals surface area contributed by atoms with E-state index < -0.39 is 0 Å². The van der Waals surface area contributed by atoms with Crippen LogP contribution in [-0.4, -0.2) is 44.7 Å². The number of methoxy groups -OCH3 is 2. The van der Waals surface area contributed by atoms with Crippen LogP contribution in [0.1, 0.15) is 19.4 Å². The Kier molecular flexibility index (Phi) is 6.87. The van der Waals surface area contributed by atoms with Gasteiger partial charge in [0.15, 0.2) is 0 Å². The summed E-state index contributed by atoms with van der Waals surface area (Å²) in [5, 5.41) is 3.15. The van der Waals surface area contributed by atoms with Crippen molar-refractivity contribution in [3.05, 3.63) is 23.8 Å². The van der Waals surface area contributed by atoms with Crippen LogP contribution in [0.25, 0.3) is 0 Å². The van der Waals surface area contributed by atoms with Crippen LogP contribution >= 0.6 is 0 Å². The minimum atomic E-state index is 0.108. The maximum Gasteiger partial charge on any atom is 0.236 e. The van der Waals surface area contributed by atoms with Gasteiger partial charge in [-0.25, -0.2) is 0 Å². The molecule has 0 saturated heterocycles. The van der Waals surface area contributed by atoms with Crippen molar-refractivity contribution in [2.45, 2.75) is 20.4 Å². The number of amides is 1. The normalized spacial score (nSPS) is 10.2. The SMILES string of the molecule is CCN(CC)C(=O)CNCc1cc(OC)ccc1OC. The topological polar surface area (TPSA) is 50.8 Å². The zero-order valence-corrected chi connectivity index (χ0v) is 12.7. The van der Waals surface area contributed by atoms with E-state index in [1.807, 2.05) is 32.0 Å². The Balaban J connectivity index is 2.58. The zero-order valence-electron chi connectivity index (χ0n) is 12.7. The number of ether oxygens (including phenoxy) is 2. The monoisotopic (exact) mass is 280 g/mol. The summed E-state index contributed by atoms with van der Waals surface area (Å²) in [5.74, 6) is 1.67. The van der Waals surface area contributed by atoms with Crippen LogP contribution in [0.3, 0.4) is 0 Å². The van der Waals surface area contributed by atoms with E-state index in [2.05, 4.69) is 5.32 Å². The second-order valence-electron chi connectivity index (χ2n) is 4.35. The Morgan fingerprint density at radius 3 is 2.45 bits per heavy atom. The van der Waals surface area contributed by atoms with Crippen LogP contribution in [0.5, 0.6) is 11.5 Å². The third-order valence-corrected chi connectivity index (χ3v) is 3.20. The van der Waals surface area contributed by atoms with Crippen LogP contribution < -0.4 is 14.8 Å². The number of nitrogens with zero attached hydrogens (tertiary/aromatic N) is 1. The van der Waals surface area contributed by atoms with E-state index in [9.17, 15) is 4.79 Å². The fraction of sp³-hybridized carbons (Fsp3) is 0.533. The van der Waals surface area contributed by atoms with Gasteiger partial charge in [-0.3, -0.25) is 4.79 Å². The first-order valence-corrected chi connectivity index (χ1v) is 6.85. The molecule has 112 valence electrons. The van der Waals surface area contributed by atoms with Crippen molar-refractivity contribution in [2.75, 3.05) is 33.9 Å². The van der Waals surface area contributed by atoms with Gasteiger partial charge in [0, 0.05) is 25.2 Å². The molecule has 0 aromatic heterocycles. The molecule has 0 fully saturated rings. The van der Waals surface area contributed by atoms with Crippen molar-refractivity contribution in [1.29, 1.82) is 0 Å². The second-order valence-corrected chi connectivity index (χ2v) is 4.35. The van der Waals surface area contributed by atoms with Crippen LogP contribution in [0.4, 0.5) is 0 Å². The molecule has 0 aliphatic heterocycles. The summed E-state index contributed by atoms with van der Waals surface area (Å²) >= 11 is 0. The Bertz CT molecular complexity index is 431. The van der Waals surface area contributed by atoms with Crippen LogP contribution in [-0.2, 0) is 11.3 Å². The van der Waals surface area contributed by atoms with Gasteiger partial charge in [-0.15, -0.1) is 0 Å². The third kappa shape index (κ3) is 4.42. The highest BCUT2D eigenvalue weighted by Crippen LogP contribution is 2.23. The molecule has 5 nitrogen and oxygen atoms in total. The summed E-state index contributed by atoms with van der Waals surface area (Å²) in [5.41, 5.74) is 0.971. The molecule has 0 aliphatic carbocycles. The van der Waals surface area contributed by atoms with Crippen LogP contribution in [0, 0.1) is 0 Å². The highest BCUT2D eigenvalue weighted by Gasteiger charge is 2.10.